The standard InChI is InChI=1S/C18H15F3N4O2/c1-26-14-8-27-13-5-3-2-4-10(13)12(14)7-22-16-11-6-15(18(19,20)21)25-17(11)24-9-23-16/h2-7,9,12,14H,8H2,1H3,(H,23,24,25)/b22-7-/t12?,14-/m0/s1. The van der Waals surface area contributed by atoms with Gasteiger partial charge in [-0.1, -0.05) is 18.2 Å². The van der Waals surface area contributed by atoms with Crippen molar-refractivity contribution in [2.75, 3.05) is 13.7 Å². The van der Waals surface area contributed by atoms with Gasteiger partial charge in [-0.05, 0) is 12.1 Å². The van der Waals surface area contributed by atoms with Crippen molar-refractivity contribution in [2.45, 2.75) is 18.2 Å². The highest BCUT2D eigenvalue weighted by Gasteiger charge is 2.33. The lowest BCUT2D eigenvalue weighted by molar-refractivity contribution is -0.140. The molecule has 1 unspecified atom stereocenters. The van der Waals surface area contributed by atoms with Crippen LogP contribution in [-0.2, 0) is 10.9 Å². The van der Waals surface area contributed by atoms with Gasteiger partial charge in [0.2, 0.25) is 0 Å². The van der Waals surface area contributed by atoms with E-state index in [1.54, 1.807) is 13.3 Å². The molecule has 0 radical (unpaired) electrons. The summed E-state index contributed by atoms with van der Waals surface area (Å²) in [5.41, 5.74) is 0.0930. The number of nitrogens with one attached hydrogen (secondary N) is 1. The first kappa shape index (κ1) is 17.5. The summed E-state index contributed by atoms with van der Waals surface area (Å²) >= 11 is 0. The third-order valence-electron chi connectivity index (χ3n) is 4.45. The van der Waals surface area contributed by atoms with E-state index < -0.39 is 11.9 Å². The Balaban J connectivity index is 1.73. The van der Waals surface area contributed by atoms with Gasteiger partial charge in [-0.15, -0.1) is 0 Å². The Bertz CT molecular complexity index is 1000. The first-order valence-corrected chi connectivity index (χ1v) is 8.17. The van der Waals surface area contributed by atoms with Gasteiger partial charge in [0.15, 0.2) is 5.82 Å². The number of nitrogens with zero attached hydrogens (tertiary/aromatic N) is 3. The van der Waals surface area contributed by atoms with E-state index in [1.807, 2.05) is 24.3 Å². The van der Waals surface area contributed by atoms with Gasteiger partial charge in [-0.25, -0.2) is 15.0 Å². The van der Waals surface area contributed by atoms with Crippen molar-refractivity contribution < 1.29 is 22.6 Å². The molecule has 1 aliphatic heterocycles. The maximum Gasteiger partial charge on any atom is 0.431 e. The highest BCUT2D eigenvalue weighted by molar-refractivity contribution is 5.88. The molecule has 1 aliphatic rings. The van der Waals surface area contributed by atoms with Gasteiger partial charge in [0, 0.05) is 18.9 Å². The number of alkyl halides is 3. The molecule has 0 fully saturated rings. The average Bonchev–Trinajstić information content (AvgIpc) is 3.11. The number of ether oxygens (including phenoxy) is 2. The second kappa shape index (κ2) is 6.66. The van der Waals surface area contributed by atoms with Crippen LogP contribution in [0.15, 0.2) is 41.7 Å². The molecule has 0 saturated heterocycles. The van der Waals surface area contributed by atoms with Crippen LogP contribution in [0.5, 0.6) is 5.75 Å². The Morgan fingerprint density at radius 2 is 2.11 bits per heavy atom. The number of methoxy groups -OCH3 is 1. The zero-order valence-corrected chi connectivity index (χ0v) is 14.2. The fourth-order valence-electron chi connectivity index (χ4n) is 3.09. The lowest BCUT2D eigenvalue weighted by Crippen LogP contribution is -2.33. The van der Waals surface area contributed by atoms with Gasteiger partial charge >= 0.3 is 6.18 Å². The Kier molecular flexibility index (Phi) is 4.31. The Morgan fingerprint density at radius 3 is 2.89 bits per heavy atom. The summed E-state index contributed by atoms with van der Waals surface area (Å²) in [6.45, 7) is 0.353. The number of para-hydroxylation sites is 1. The maximum atomic E-state index is 12.9. The molecule has 1 N–H and O–H groups in total. The normalized spacial score (nSPS) is 20.0. The van der Waals surface area contributed by atoms with Crippen molar-refractivity contribution in [2.24, 2.45) is 4.99 Å². The topological polar surface area (TPSA) is 72.4 Å². The number of aromatic nitrogens is 3. The number of halogens is 3. The van der Waals surface area contributed by atoms with Gasteiger partial charge in [0.05, 0.1) is 11.3 Å². The summed E-state index contributed by atoms with van der Waals surface area (Å²) in [5.74, 6) is 0.674. The van der Waals surface area contributed by atoms with Crippen LogP contribution in [0.25, 0.3) is 11.0 Å². The minimum Gasteiger partial charge on any atom is -0.491 e. The molecule has 9 heteroatoms. The molecule has 4 rings (SSSR count). The first-order valence-electron chi connectivity index (χ1n) is 8.17. The SMILES string of the molecule is CO[C@H]1COc2ccccc2C1/C=N\c1ncnc2[nH]c(C(F)(F)F)cc12. The summed E-state index contributed by atoms with van der Waals surface area (Å²) in [5, 5.41) is 0.204. The average molecular weight is 376 g/mol. The molecule has 3 heterocycles. The number of H-pyrrole nitrogens is 1. The summed E-state index contributed by atoms with van der Waals surface area (Å²) in [7, 11) is 1.58. The van der Waals surface area contributed by atoms with Crippen molar-refractivity contribution in [3.63, 3.8) is 0 Å². The molecular formula is C18H15F3N4O2. The van der Waals surface area contributed by atoms with Crippen molar-refractivity contribution in [3.05, 3.63) is 47.9 Å². The van der Waals surface area contributed by atoms with E-state index in [9.17, 15) is 13.2 Å². The molecule has 3 aromatic rings. The van der Waals surface area contributed by atoms with Crippen LogP contribution in [0.3, 0.4) is 0 Å². The number of aliphatic imine (C=N–C) groups is 1. The largest absolute Gasteiger partial charge is 0.491 e. The Morgan fingerprint density at radius 1 is 1.30 bits per heavy atom. The first-order chi connectivity index (χ1) is 13.0. The number of benzene rings is 1. The van der Waals surface area contributed by atoms with Crippen molar-refractivity contribution >= 4 is 23.1 Å². The lowest BCUT2D eigenvalue weighted by atomic mass is 9.92. The fraction of sp³-hybridized carbons (Fsp3) is 0.278. The van der Waals surface area contributed by atoms with Gasteiger partial charge in [-0.2, -0.15) is 13.2 Å². The summed E-state index contributed by atoms with van der Waals surface area (Å²) in [6.07, 6.45) is -1.95. The van der Waals surface area contributed by atoms with E-state index in [2.05, 4.69) is 19.9 Å². The van der Waals surface area contributed by atoms with Crippen molar-refractivity contribution in [1.82, 2.24) is 15.0 Å². The number of hydrogen-bond donors (Lipinski definition) is 1. The van der Waals surface area contributed by atoms with Gasteiger partial charge in [0.25, 0.3) is 0 Å². The molecule has 0 spiro atoms. The lowest BCUT2D eigenvalue weighted by Gasteiger charge is -2.30. The number of aromatic amines is 1. The molecule has 2 aromatic heterocycles. The third-order valence-corrected chi connectivity index (χ3v) is 4.45. The molecule has 27 heavy (non-hydrogen) atoms. The monoisotopic (exact) mass is 376 g/mol. The number of fused-ring (bicyclic) bond motifs is 2. The summed E-state index contributed by atoms with van der Waals surface area (Å²) in [6, 6.07) is 8.48. The summed E-state index contributed by atoms with van der Waals surface area (Å²) in [4.78, 5) is 14.5. The van der Waals surface area contributed by atoms with Crippen LogP contribution in [0.4, 0.5) is 19.0 Å². The second-order valence-corrected chi connectivity index (χ2v) is 6.07. The van der Waals surface area contributed by atoms with E-state index >= 15 is 0 Å². The predicted octanol–water partition coefficient (Wildman–Crippen LogP) is 3.87. The molecule has 0 saturated carbocycles. The van der Waals surface area contributed by atoms with Crippen molar-refractivity contribution in [3.8, 4) is 5.75 Å². The molecule has 0 amide bonds. The fourth-order valence-corrected chi connectivity index (χ4v) is 3.09. The van der Waals surface area contributed by atoms with Crippen molar-refractivity contribution in [1.29, 1.82) is 0 Å². The third kappa shape index (κ3) is 3.25. The number of hydrogen-bond acceptors (Lipinski definition) is 5. The van der Waals surface area contributed by atoms with Crippen LogP contribution < -0.4 is 4.74 Å². The maximum absolute atomic E-state index is 12.9. The van der Waals surface area contributed by atoms with E-state index in [1.165, 1.54) is 6.33 Å². The van der Waals surface area contributed by atoms with Gasteiger partial charge in [0.1, 0.15) is 36.1 Å². The molecule has 1 aromatic carbocycles. The van der Waals surface area contributed by atoms with Crippen LogP contribution >= 0.6 is 0 Å². The van der Waals surface area contributed by atoms with Gasteiger partial charge in [-0.3, -0.25) is 0 Å². The van der Waals surface area contributed by atoms with Crippen LogP contribution in [0, 0.1) is 0 Å². The van der Waals surface area contributed by atoms with Crippen LogP contribution in [0.2, 0.25) is 0 Å². The highest BCUT2D eigenvalue weighted by Crippen LogP contribution is 2.35. The zero-order valence-electron chi connectivity index (χ0n) is 14.2. The number of rotatable bonds is 3. The molecule has 0 bridgehead atoms. The molecule has 6 nitrogen and oxygen atoms in total. The van der Waals surface area contributed by atoms with E-state index in [0.717, 1.165) is 17.4 Å². The van der Waals surface area contributed by atoms with E-state index in [4.69, 9.17) is 9.47 Å². The molecule has 140 valence electrons. The summed E-state index contributed by atoms with van der Waals surface area (Å²) < 4.78 is 50.0. The van der Waals surface area contributed by atoms with Gasteiger partial charge < -0.3 is 14.5 Å². The Hall–Kier alpha value is -2.94. The molecule has 2 atom stereocenters. The zero-order chi connectivity index (χ0) is 19.0. The minimum atomic E-state index is -4.50. The predicted molar refractivity (Wildman–Crippen MR) is 92.5 cm³/mol. The van der Waals surface area contributed by atoms with E-state index in [0.29, 0.717) is 6.61 Å². The van der Waals surface area contributed by atoms with Crippen LogP contribution in [0.1, 0.15) is 17.2 Å². The molecular weight excluding hydrogens is 361 g/mol. The van der Waals surface area contributed by atoms with Crippen LogP contribution in [-0.4, -0.2) is 41.0 Å². The quantitative estimate of drug-likeness (QED) is 0.705. The smallest absolute Gasteiger partial charge is 0.431 e. The van der Waals surface area contributed by atoms with E-state index in [-0.39, 0.29) is 28.9 Å². The molecule has 0 aliphatic carbocycles. The Labute approximate surface area is 152 Å². The second-order valence-electron chi connectivity index (χ2n) is 6.07. The highest BCUT2D eigenvalue weighted by atomic mass is 19.4. The minimum absolute atomic E-state index is 0.0835.